The third-order valence-corrected chi connectivity index (χ3v) is 7.52. The van der Waals surface area contributed by atoms with E-state index in [0.717, 1.165) is 17.0 Å². The van der Waals surface area contributed by atoms with Gasteiger partial charge in [0.15, 0.2) is 0 Å². The quantitative estimate of drug-likeness (QED) is 0.411. The Morgan fingerprint density at radius 3 is 2.09 bits per heavy atom. The summed E-state index contributed by atoms with van der Waals surface area (Å²) in [5.74, 6) is -0.875. The summed E-state index contributed by atoms with van der Waals surface area (Å²) in [6, 6.07) is 10.1. The van der Waals surface area contributed by atoms with Crippen molar-refractivity contribution >= 4 is 62.3 Å². The average Bonchev–Trinajstić information content (AvgIpc) is 2.78. The van der Waals surface area contributed by atoms with Gasteiger partial charge in [-0.2, -0.15) is 0 Å². The first-order chi connectivity index (χ1) is 16.4. The standard InChI is InChI=1S/C24H30Cl3N3O4S/c1-5-16(3)28-24(32)22(6-2)29(14-17-7-8-19(26)13-21(17)27)23(31)15-30(35(4,33)34)20-11-9-18(25)10-12-20/h7-13,16,22H,5-6,14-15H2,1-4H3,(H,28,32)/t16-,22-/m0/s1. The molecule has 2 aromatic rings. The van der Waals surface area contributed by atoms with E-state index in [4.69, 9.17) is 34.8 Å². The van der Waals surface area contributed by atoms with E-state index < -0.39 is 28.5 Å². The van der Waals surface area contributed by atoms with E-state index in [0.29, 0.717) is 27.1 Å². The van der Waals surface area contributed by atoms with Gasteiger partial charge in [0, 0.05) is 27.7 Å². The summed E-state index contributed by atoms with van der Waals surface area (Å²) < 4.78 is 26.2. The number of rotatable bonds is 11. The van der Waals surface area contributed by atoms with Gasteiger partial charge in [-0.3, -0.25) is 13.9 Å². The molecule has 0 aromatic heterocycles. The number of carbonyl (C=O) groups excluding carboxylic acids is 2. The van der Waals surface area contributed by atoms with Crippen LogP contribution in [0.3, 0.4) is 0 Å². The molecule has 0 aliphatic carbocycles. The van der Waals surface area contributed by atoms with E-state index in [1.807, 2.05) is 13.8 Å². The van der Waals surface area contributed by atoms with Crippen LogP contribution in [0.15, 0.2) is 42.5 Å². The second kappa shape index (κ2) is 12.8. The van der Waals surface area contributed by atoms with Crippen LogP contribution in [0.2, 0.25) is 15.1 Å². The lowest BCUT2D eigenvalue weighted by atomic mass is 10.1. The topological polar surface area (TPSA) is 86.8 Å². The molecule has 0 radical (unpaired) electrons. The van der Waals surface area contributed by atoms with Crippen LogP contribution in [0.1, 0.15) is 39.2 Å². The predicted octanol–water partition coefficient (Wildman–Crippen LogP) is 5.13. The molecule has 2 amide bonds. The second-order valence-electron chi connectivity index (χ2n) is 8.25. The van der Waals surface area contributed by atoms with Gasteiger partial charge in [-0.05, 0) is 61.7 Å². The number of carbonyl (C=O) groups is 2. The summed E-state index contributed by atoms with van der Waals surface area (Å²) in [6.45, 7) is 5.10. The number of benzene rings is 2. The number of hydrogen-bond acceptors (Lipinski definition) is 4. The van der Waals surface area contributed by atoms with Crippen molar-refractivity contribution in [2.75, 3.05) is 17.1 Å². The Bertz CT molecular complexity index is 1140. The zero-order chi connectivity index (χ0) is 26.3. The maximum atomic E-state index is 13.6. The molecule has 7 nitrogen and oxygen atoms in total. The molecule has 0 saturated heterocycles. The number of halogens is 3. The van der Waals surface area contributed by atoms with Gasteiger partial charge < -0.3 is 10.2 Å². The molecule has 0 aliphatic heterocycles. The van der Waals surface area contributed by atoms with E-state index in [1.54, 1.807) is 37.3 Å². The van der Waals surface area contributed by atoms with Gasteiger partial charge in [0.2, 0.25) is 21.8 Å². The number of hydrogen-bond donors (Lipinski definition) is 1. The lowest BCUT2D eigenvalue weighted by Gasteiger charge is -2.33. The number of sulfonamides is 1. The fourth-order valence-corrected chi connectivity index (χ4v) is 4.86. The molecule has 0 heterocycles. The van der Waals surface area contributed by atoms with Crippen LogP contribution in [0.4, 0.5) is 5.69 Å². The van der Waals surface area contributed by atoms with Crippen LogP contribution >= 0.6 is 34.8 Å². The lowest BCUT2D eigenvalue weighted by Crippen LogP contribution is -2.53. The normalized spacial score (nSPS) is 13.1. The summed E-state index contributed by atoms with van der Waals surface area (Å²) in [4.78, 5) is 28.1. The molecule has 0 bridgehead atoms. The van der Waals surface area contributed by atoms with Crippen molar-refractivity contribution in [3.8, 4) is 0 Å². The van der Waals surface area contributed by atoms with Crippen LogP contribution in [-0.2, 0) is 26.2 Å². The third kappa shape index (κ3) is 8.27. The number of nitrogens with one attached hydrogen (secondary N) is 1. The fraction of sp³-hybridized carbons (Fsp3) is 0.417. The molecule has 1 N–H and O–H groups in total. The van der Waals surface area contributed by atoms with Gasteiger partial charge in [-0.1, -0.05) is 54.7 Å². The van der Waals surface area contributed by atoms with Crippen LogP contribution in [0.25, 0.3) is 0 Å². The van der Waals surface area contributed by atoms with Crippen molar-refractivity contribution in [1.82, 2.24) is 10.2 Å². The SMILES string of the molecule is CC[C@H](C)NC(=O)[C@H](CC)N(Cc1ccc(Cl)cc1Cl)C(=O)CN(c1ccc(Cl)cc1)S(C)(=O)=O. The predicted molar refractivity (Wildman–Crippen MR) is 143 cm³/mol. The summed E-state index contributed by atoms with van der Waals surface area (Å²) in [6.07, 6.45) is 2.05. The van der Waals surface area contributed by atoms with Crippen LogP contribution in [-0.4, -0.2) is 50.0 Å². The highest BCUT2D eigenvalue weighted by Crippen LogP contribution is 2.25. The zero-order valence-electron chi connectivity index (χ0n) is 20.1. The van der Waals surface area contributed by atoms with Crippen molar-refractivity contribution in [3.05, 3.63) is 63.1 Å². The minimum absolute atomic E-state index is 0.000508. The van der Waals surface area contributed by atoms with E-state index >= 15 is 0 Å². The van der Waals surface area contributed by atoms with Crippen molar-refractivity contribution in [1.29, 1.82) is 0 Å². The Morgan fingerprint density at radius 1 is 0.971 bits per heavy atom. The first-order valence-electron chi connectivity index (χ1n) is 11.1. The Morgan fingerprint density at radius 2 is 1.57 bits per heavy atom. The van der Waals surface area contributed by atoms with Gasteiger partial charge in [-0.15, -0.1) is 0 Å². The molecule has 192 valence electrons. The van der Waals surface area contributed by atoms with E-state index in [-0.39, 0.29) is 24.2 Å². The molecule has 2 aromatic carbocycles. The number of nitrogens with zero attached hydrogens (tertiary/aromatic N) is 2. The van der Waals surface area contributed by atoms with Crippen molar-refractivity contribution in [2.45, 2.75) is 52.2 Å². The Hall–Kier alpha value is -2.00. The van der Waals surface area contributed by atoms with Gasteiger partial charge >= 0.3 is 0 Å². The maximum absolute atomic E-state index is 13.6. The van der Waals surface area contributed by atoms with Crippen LogP contribution < -0.4 is 9.62 Å². The Balaban J connectivity index is 2.46. The Kier molecular flexibility index (Phi) is 10.7. The lowest BCUT2D eigenvalue weighted by molar-refractivity contribution is -0.140. The Labute approximate surface area is 222 Å². The summed E-state index contributed by atoms with van der Waals surface area (Å²) in [5, 5.41) is 4.12. The molecular weight excluding hydrogens is 533 g/mol. The van der Waals surface area contributed by atoms with Crippen molar-refractivity contribution in [3.63, 3.8) is 0 Å². The molecule has 35 heavy (non-hydrogen) atoms. The molecule has 0 fully saturated rings. The average molecular weight is 563 g/mol. The highest BCUT2D eigenvalue weighted by Gasteiger charge is 2.32. The van der Waals surface area contributed by atoms with Crippen LogP contribution in [0, 0.1) is 0 Å². The fourth-order valence-electron chi connectivity index (χ4n) is 3.42. The summed E-state index contributed by atoms with van der Waals surface area (Å²) in [7, 11) is -3.82. The summed E-state index contributed by atoms with van der Waals surface area (Å²) >= 11 is 18.3. The minimum Gasteiger partial charge on any atom is -0.352 e. The van der Waals surface area contributed by atoms with E-state index in [1.165, 1.54) is 17.0 Å². The molecule has 0 saturated carbocycles. The monoisotopic (exact) mass is 561 g/mol. The highest BCUT2D eigenvalue weighted by atomic mass is 35.5. The van der Waals surface area contributed by atoms with Gasteiger partial charge in [0.1, 0.15) is 12.6 Å². The molecule has 2 atom stereocenters. The van der Waals surface area contributed by atoms with Gasteiger partial charge in [0.05, 0.1) is 11.9 Å². The first-order valence-corrected chi connectivity index (χ1v) is 14.1. The minimum atomic E-state index is -3.82. The third-order valence-electron chi connectivity index (χ3n) is 5.54. The van der Waals surface area contributed by atoms with Crippen LogP contribution in [0.5, 0.6) is 0 Å². The molecular formula is C24H30Cl3N3O4S. The number of anilines is 1. The molecule has 0 aliphatic rings. The van der Waals surface area contributed by atoms with Crippen molar-refractivity contribution in [2.24, 2.45) is 0 Å². The molecule has 0 spiro atoms. The molecule has 11 heteroatoms. The second-order valence-corrected chi connectivity index (χ2v) is 11.4. The highest BCUT2D eigenvalue weighted by molar-refractivity contribution is 7.92. The molecule has 0 unspecified atom stereocenters. The largest absolute Gasteiger partial charge is 0.352 e. The van der Waals surface area contributed by atoms with Crippen molar-refractivity contribution < 1.29 is 18.0 Å². The van der Waals surface area contributed by atoms with Gasteiger partial charge in [0.25, 0.3) is 0 Å². The molecule has 2 rings (SSSR count). The van der Waals surface area contributed by atoms with Gasteiger partial charge in [-0.25, -0.2) is 8.42 Å². The maximum Gasteiger partial charge on any atom is 0.244 e. The van der Waals surface area contributed by atoms with E-state index in [2.05, 4.69) is 5.32 Å². The first kappa shape index (κ1) is 29.2. The number of amides is 2. The van der Waals surface area contributed by atoms with E-state index in [9.17, 15) is 18.0 Å². The smallest absolute Gasteiger partial charge is 0.244 e. The zero-order valence-corrected chi connectivity index (χ0v) is 23.2. The summed E-state index contributed by atoms with van der Waals surface area (Å²) in [5.41, 5.74) is 0.864.